The smallest absolute Gasteiger partial charge is 0.227 e. The number of anilines is 1. The average Bonchev–Trinajstić information content (AvgIpc) is 2.37. The van der Waals surface area contributed by atoms with Gasteiger partial charge < -0.3 is 10.4 Å². The standard InChI is InChI=1S/C16H25NO2/c1-5-7-8-13(6-2)16(19)17-14-9-12(4)15(18)10-11(14)3/h9-10,13,18H,5-8H2,1-4H3,(H,17,19). The van der Waals surface area contributed by atoms with Crippen LogP contribution in [-0.2, 0) is 4.79 Å². The molecule has 1 aromatic rings. The van der Waals surface area contributed by atoms with Crippen LogP contribution in [0.1, 0.15) is 50.7 Å². The third-order valence-electron chi connectivity index (χ3n) is 3.57. The van der Waals surface area contributed by atoms with E-state index in [1.807, 2.05) is 19.9 Å². The summed E-state index contributed by atoms with van der Waals surface area (Å²) in [6, 6.07) is 3.52. The molecule has 3 nitrogen and oxygen atoms in total. The van der Waals surface area contributed by atoms with Crippen molar-refractivity contribution in [3.05, 3.63) is 23.3 Å². The molecule has 0 bridgehead atoms. The average molecular weight is 263 g/mol. The van der Waals surface area contributed by atoms with Crippen molar-refractivity contribution in [3.63, 3.8) is 0 Å². The number of amides is 1. The normalized spacial score (nSPS) is 12.2. The molecule has 0 saturated heterocycles. The topological polar surface area (TPSA) is 49.3 Å². The molecule has 0 saturated carbocycles. The largest absolute Gasteiger partial charge is 0.508 e. The molecule has 3 heteroatoms. The van der Waals surface area contributed by atoms with Crippen molar-refractivity contribution in [2.24, 2.45) is 5.92 Å². The first-order chi connectivity index (χ1) is 8.99. The number of rotatable bonds is 6. The molecular formula is C16H25NO2. The zero-order valence-electron chi connectivity index (χ0n) is 12.4. The molecule has 1 atom stereocenters. The zero-order valence-corrected chi connectivity index (χ0v) is 12.4. The van der Waals surface area contributed by atoms with E-state index in [4.69, 9.17) is 0 Å². The van der Waals surface area contributed by atoms with Crippen LogP contribution in [-0.4, -0.2) is 11.0 Å². The number of unbranched alkanes of at least 4 members (excludes halogenated alkanes) is 1. The Kier molecular flexibility index (Phi) is 5.87. The van der Waals surface area contributed by atoms with Gasteiger partial charge in [0.05, 0.1) is 0 Å². The summed E-state index contributed by atoms with van der Waals surface area (Å²) >= 11 is 0. The van der Waals surface area contributed by atoms with E-state index in [0.717, 1.165) is 42.5 Å². The van der Waals surface area contributed by atoms with E-state index < -0.39 is 0 Å². The molecular weight excluding hydrogens is 238 g/mol. The van der Waals surface area contributed by atoms with E-state index in [-0.39, 0.29) is 17.6 Å². The number of phenols is 1. The maximum Gasteiger partial charge on any atom is 0.227 e. The van der Waals surface area contributed by atoms with Gasteiger partial charge in [-0.05, 0) is 49.9 Å². The second-order valence-corrected chi connectivity index (χ2v) is 5.19. The van der Waals surface area contributed by atoms with E-state index in [1.54, 1.807) is 6.07 Å². The Balaban J connectivity index is 2.78. The lowest BCUT2D eigenvalue weighted by molar-refractivity contribution is -0.120. The van der Waals surface area contributed by atoms with Gasteiger partial charge in [0.1, 0.15) is 5.75 Å². The molecule has 1 unspecified atom stereocenters. The number of carbonyl (C=O) groups excluding carboxylic acids is 1. The Morgan fingerprint density at radius 3 is 2.53 bits per heavy atom. The van der Waals surface area contributed by atoms with Gasteiger partial charge in [0, 0.05) is 11.6 Å². The maximum absolute atomic E-state index is 12.2. The highest BCUT2D eigenvalue weighted by Gasteiger charge is 2.17. The first-order valence-corrected chi connectivity index (χ1v) is 7.10. The molecule has 0 spiro atoms. The number of benzene rings is 1. The molecule has 2 N–H and O–H groups in total. The van der Waals surface area contributed by atoms with Gasteiger partial charge in [0.15, 0.2) is 0 Å². The number of hydrogen-bond donors (Lipinski definition) is 2. The number of phenolic OH excluding ortho intramolecular Hbond substituents is 1. The summed E-state index contributed by atoms with van der Waals surface area (Å²) in [5.41, 5.74) is 2.47. The van der Waals surface area contributed by atoms with Gasteiger partial charge >= 0.3 is 0 Å². The third kappa shape index (κ3) is 4.27. The molecule has 0 aliphatic rings. The predicted octanol–water partition coefficient (Wildman–Crippen LogP) is 4.16. The van der Waals surface area contributed by atoms with Gasteiger partial charge in [-0.2, -0.15) is 0 Å². The number of carbonyl (C=O) groups is 1. The summed E-state index contributed by atoms with van der Waals surface area (Å²) in [4.78, 5) is 12.2. The molecule has 0 aromatic heterocycles. The van der Waals surface area contributed by atoms with Crippen LogP contribution in [0.5, 0.6) is 5.75 Å². The Morgan fingerprint density at radius 2 is 1.95 bits per heavy atom. The summed E-state index contributed by atoms with van der Waals surface area (Å²) in [6.45, 7) is 7.91. The van der Waals surface area contributed by atoms with E-state index in [2.05, 4.69) is 19.2 Å². The van der Waals surface area contributed by atoms with Crippen LogP contribution in [0.4, 0.5) is 5.69 Å². The van der Waals surface area contributed by atoms with Gasteiger partial charge in [-0.25, -0.2) is 0 Å². The maximum atomic E-state index is 12.2. The lowest BCUT2D eigenvalue weighted by Crippen LogP contribution is -2.22. The second kappa shape index (κ2) is 7.17. The van der Waals surface area contributed by atoms with Gasteiger partial charge in [-0.3, -0.25) is 4.79 Å². The van der Waals surface area contributed by atoms with Crippen molar-refractivity contribution in [1.82, 2.24) is 0 Å². The second-order valence-electron chi connectivity index (χ2n) is 5.19. The van der Waals surface area contributed by atoms with Crippen LogP contribution in [0.2, 0.25) is 0 Å². The van der Waals surface area contributed by atoms with Crippen LogP contribution < -0.4 is 5.32 Å². The van der Waals surface area contributed by atoms with Crippen LogP contribution in [0.25, 0.3) is 0 Å². The fraction of sp³-hybridized carbons (Fsp3) is 0.562. The van der Waals surface area contributed by atoms with E-state index in [1.165, 1.54) is 0 Å². The third-order valence-corrected chi connectivity index (χ3v) is 3.57. The van der Waals surface area contributed by atoms with E-state index in [0.29, 0.717) is 0 Å². The summed E-state index contributed by atoms with van der Waals surface area (Å²) < 4.78 is 0. The van der Waals surface area contributed by atoms with Crippen LogP contribution in [0, 0.1) is 19.8 Å². The highest BCUT2D eigenvalue weighted by atomic mass is 16.3. The van der Waals surface area contributed by atoms with Gasteiger partial charge in [-0.15, -0.1) is 0 Å². The van der Waals surface area contributed by atoms with Crippen LogP contribution in [0.3, 0.4) is 0 Å². The van der Waals surface area contributed by atoms with Gasteiger partial charge in [0.25, 0.3) is 0 Å². The van der Waals surface area contributed by atoms with Crippen molar-refractivity contribution < 1.29 is 9.90 Å². The Hall–Kier alpha value is -1.51. The highest BCUT2D eigenvalue weighted by Crippen LogP contribution is 2.26. The zero-order chi connectivity index (χ0) is 14.4. The molecule has 0 heterocycles. The predicted molar refractivity (Wildman–Crippen MR) is 79.5 cm³/mol. The van der Waals surface area contributed by atoms with Crippen molar-refractivity contribution in [2.75, 3.05) is 5.32 Å². The molecule has 106 valence electrons. The fourth-order valence-corrected chi connectivity index (χ4v) is 2.14. The Bertz CT molecular complexity index is 441. The molecule has 0 aliphatic heterocycles. The van der Waals surface area contributed by atoms with Crippen LogP contribution >= 0.6 is 0 Å². The lowest BCUT2D eigenvalue weighted by Gasteiger charge is -2.16. The number of aromatic hydroxyl groups is 1. The van der Waals surface area contributed by atoms with E-state index >= 15 is 0 Å². The summed E-state index contributed by atoms with van der Waals surface area (Å²) in [5.74, 6) is 0.436. The molecule has 1 aromatic carbocycles. The first kappa shape index (κ1) is 15.5. The first-order valence-electron chi connectivity index (χ1n) is 7.10. The molecule has 0 fully saturated rings. The monoisotopic (exact) mass is 263 g/mol. The number of nitrogens with one attached hydrogen (secondary N) is 1. The minimum absolute atomic E-state index is 0.0773. The molecule has 1 rings (SSSR count). The molecule has 1 amide bonds. The fourth-order valence-electron chi connectivity index (χ4n) is 2.14. The lowest BCUT2D eigenvalue weighted by atomic mass is 9.98. The van der Waals surface area contributed by atoms with Crippen molar-refractivity contribution >= 4 is 11.6 Å². The van der Waals surface area contributed by atoms with Crippen molar-refractivity contribution in [3.8, 4) is 5.75 Å². The Labute approximate surface area is 116 Å². The molecule has 19 heavy (non-hydrogen) atoms. The van der Waals surface area contributed by atoms with Gasteiger partial charge in [0.2, 0.25) is 5.91 Å². The summed E-state index contributed by atoms with van der Waals surface area (Å²) in [6.07, 6.45) is 4.00. The molecule has 0 aliphatic carbocycles. The van der Waals surface area contributed by atoms with E-state index in [9.17, 15) is 9.90 Å². The van der Waals surface area contributed by atoms with Gasteiger partial charge in [-0.1, -0.05) is 26.7 Å². The number of hydrogen-bond acceptors (Lipinski definition) is 2. The quantitative estimate of drug-likeness (QED) is 0.757. The van der Waals surface area contributed by atoms with Crippen molar-refractivity contribution in [2.45, 2.75) is 53.4 Å². The minimum atomic E-state index is 0.0773. The Morgan fingerprint density at radius 1 is 1.26 bits per heavy atom. The summed E-state index contributed by atoms with van der Waals surface area (Å²) in [7, 11) is 0. The molecule has 0 radical (unpaired) electrons. The number of aryl methyl sites for hydroxylation is 2. The van der Waals surface area contributed by atoms with Crippen LogP contribution in [0.15, 0.2) is 12.1 Å². The van der Waals surface area contributed by atoms with Crippen molar-refractivity contribution in [1.29, 1.82) is 0 Å². The minimum Gasteiger partial charge on any atom is -0.508 e. The highest BCUT2D eigenvalue weighted by molar-refractivity contribution is 5.93. The SMILES string of the molecule is CCCCC(CC)C(=O)Nc1cc(C)c(O)cc1C. The summed E-state index contributed by atoms with van der Waals surface area (Å²) in [5, 5.41) is 12.6.